The minimum atomic E-state index is 0.666. The van der Waals surface area contributed by atoms with Crippen molar-refractivity contribution in [3.05, 3.63) is 35.3 Å². The molecule has 0 amide bonds. The van der Waals surface area contributed by atoms with E-state index in [1.807, 2.05) is 28.4 Å². The van der Waals surface area contributed by atoms with Gasteiger partial charge >= 0.3 is 0 Å². The Morgan fingerprint density at radius 3 is 3.10 bits per heavy atom. The molecular formula is C13H14BrN5OS. The summed E-state index contributed by atoms with van der Waals surface area (Å²) in [7, 11) is 0. The van der Waals surface area contributed by atoms with Gasteiger partial charge in [0, 0.05) is 30.9 Å². The fraction of sp³-hybridized carbons (Fsp3) is 0.385. The second kappa shape index (κ2) is 6.95. The lowest BCUT2D eigenvalue weighted by molar-refractivity contribution is 0.371. The van der Waals surface area contributed by atoms with Gasteiger partial charge < -0.3 is 4.52 Å². The molecule has 0 aliphatic carbocycles. The van der Waals surface area contributed by atoms with E-state index in [0.717, 1.165) is 41.7 Å². The van der Waals surface area contributed by atoms with Crippen LogP contribution in [0.3, 0.4) is 0 Å². The highest BCUT2D eigenvalue weighted by Crippen LogP contribution is 2.21. The Bertz CT molecular complexity index is 678. The van der Waals surface area contributed by atoms with Gasteiger partial charge in [0.25, 0.3) is 0 Å². The van der Waals surface area contributed by atoms with Gasteiger partial charge in [0.1, 0.15) is 0 Å². The molecule has 0 fully saturated rings. The molecule has 0 saturated heterocycles. The van der Waals surface area contributed by atoms with Crippen molar-refractivity contribution in [1.82, 2.24) is 25.1 Å². The first-order valence-corrected chi connectivity index (χ1v) is 8.66. The zero-order chi connectivity index (χ0) is 14.5. The van der Waals surface area contributed by atoms with E-state index in [1.165, 1.54) is 0 Å². The molecule has 110 valence electrons. The third kappa shape index (κ3) is 3.76. The number of halogens is 1. The standard InChI is InChI=1S/C13H14BrN5OS/c14-6-5-10-9-19(18-16-10)7-1-4-12-15-13(17-20-12)11-3-2-8-21-11/h2-3,8-9H,1,4-7H2. The Morgan fingerprint density at radius 2 is 2.29 bits per heavy atom. The van der Waals surface area contributed by atoms with Crippen molar-refractivity contribution in [2.75, 3.05) is 5.33 Å². The summed E-state index contributed by atoms with van der Waals surface area (Å²) < 4.78 is 7.12. The predicted molar refractivity (Wildman–Crippen MR) is 83.5 cm³/mol. The average molecular weight is 368 g/mol. The number of hydrogen-bond acceptors (Lipinski definition) is 6. The zero-order valence-electron chi connectivity index (χ0n) is 11.3. The summed E-state index contributed by atoms with van der Waals surface area (Å²) in [5.41, 5.74) is 1.00. The first-order chi connectivity index (χ1) is 10.3. The molecule has 0 aliphatic rings. The van der Waals surface area contributed by atoms with Crippen molar-refractivity contribution in [3.63, 3.8) is 0 Å². The van der Waals surface area contributed by atoms with Crippen LogP contribution < -0.4 is 0 Å². The summed E-state index contributed by atoms with van der Waals surface area (Å²) in [6.45, 7) is 0.798. The normalized spacial score (nSPS) is 11.1. The van der Waals surface area contributed by atoms with Crippen LogP contribution in [0.1, 0.15) is 18.0 Å². The average Bonchev–Trinajstić information content (AvgIpc) is 3.20. The molecule has 0 saturated carbocycles. The number of rotatable bonds is 7. The van der Waals surface area contributed by atoms with Gasteiger partial charge in [-0.15, -0.1) is 16.4 Å². The largest absolute Gasteiger partial charge is 0.339 e. The molecule has 3 aromatic heterocycles. The minimum absolute atomic E-state index is 0.666. The summed E-state index contributed by atoms with van der Waals surface area (Å²) in [5.74, 6) is 1.33. The van der Waals surface area contributed by atoms with Crippen molar-refractivity contribution in [2.24, 2.45) is 0 Å². The maximum absolute atomic E-state index is 5.26. The van der Waals surface area contributed by atoms with Gasteiger partial charge in [0.2, 0.25) is 11.7 Å². The Kier molecular flexibility index (Phi) is 4.76. The van der Waals surface area contributed by atoms with Crippen LogP contribution in [0.2, 0.25) is 0 Å². The zero-order valence-corrected chi connectivity index (χ0v) is 13.7. The predicted octanol–water partition coefficient (Wildman–Crippen LogP) is 2.96. The molecule has 0 aliphatic heterocycles. The monoisotopic (exact) mass is 367 g/mol. The van der Waals surface area contributed by atoms with E-state index in [-0.39, 0.29) is 0 Å². The number of thiophene rings is 1. The van der Waals surface area contributed by atoms with Crippen LogP contribution in [0.25, 0.3) is 10.7 Å². The first-order valence-electron chi connectivity index (χ1n) is 6.66. The lowest BCUT2D eigenvalue weighted by atomic mass is 10.3. The minimum Gasteiger partial charge on any atom is -0.339 e. The van der Waals surface area contributed by atoms with Crippen molar-refractivity contribution in [1.29, 1.82) is 0 Å². The van der Waals surface area contributed by atoms with E-state index in [0.29, 0.717) is 11.7 Å². The molecule has 21 heavy (non-hydrogen) atoms. The summed E-state index contributed by atoms with van der Waals surface area (Å²) >= 11 is 5.00. The van der Waals surface area contributed by atoms with Crippen LogP contribution in [0.15, 0.2) is 28.2 Å². The van der Waals surface area contributed by atoms with Gasteiger partial charge in [-0.05, 0) is 17.9 Å². The van der Waals surface area contributed by atoms with E-state index in [2.05, 4.69) is 36.4 Å². The van der Waals surface area contributed by atoms with Gasteiger partial charge in [0.05, 0.1) is 10.6 Å². The van der Waals surface area contributed by atoms with Crippen molar-refractivity contribution in [3.8, 4) is 10.7 Å². The summed E-state index contributed by atoms with van der Waals surface area (Å²) in [6.07, 6.45) is 4.51. The van der Waals surface area contributed by atoms with Gasteiger partial charge in [-0.1, -0.05) is 32.4 Å². The van der Waals surface area contributed by atoms with E-state index in [4.69, 9.17) is 4.52 Å². The van der Waals surface area contributed by atoms with Crippen molar-refractivity contribution >= 4 is 27.3 Å². The quantitative estimate of drug-likeness (QED) is 0.600. The number of aromatic nitrogens is 5. The maximum atomic E-state index is 5.26. The van der Waals surface area contributed by atoms with Crippen LogP contribution in [0.4, 0.5) is 0 Å². The molecule has 3 aromatic rings. The molecule has 0 atom stereocenters. The van der Waals surface area contributed by atoms with Crippen LogP contribution in [-0.2, 0) is 19.4 Å². The number of hydrogen-bond donors (Lipinski definition) is 0. The Balaban J connectivity index is 1.51. The van der Waals surface area contributed by atoms with Gasteiger partial charge in [-0.25, -0.2) is 0 Å². The molecule has 0 N–H and O–H groups in total. The van der Waals surface area contributed by atoms with E-state index in [1.54, 1.807) is 11.3 Å². The van der Waals surface area contributed by atoms with Crippen LogP contribution in [-0.4, -0.2) is 30.5 Å². The maximum Gasteiger partial charge on any atom is 0.227 e. The summed E-state index contributed by atoms with van der Waals surface area (Å²) in [5, 5.41) is 15.1. The molecule has 0 bridgehead atoms. The molecular weight excluding hydrogens is 354 g/mol. The Hall–Kier alpha value is -1.54. The van der Waals surface area contributed by atoms with Gasteiger partial charge in [-0.3, -0.25) is 4.68 Å². The van der Waals surface area contributed by atoms with Gasteiger partial charge in [-0.2, -0.15) is 4.98 Å². The van der Waals surface area contributed by atoms with Crippen LogP contribution >= 0.6 is 27.3 Å². The molecule has 8 heteroatoms. The summed E-state index contributed by atoms with van der Waals surface area (Å²) in [6, 6.07) is 3.96. The topological polar surface area (TPSA) is 69.6 Å². The highest BCUT2D eigenvalue weighted by atomic mass is 79.9. The number of nitrogens with zero attached hydrogens (tertiary/aromatic N) is 5. The van der Waals surface area contributed by atoms with E-state index < -0.39 is 0 Å². The molecule has 3 heterocycles. The smallest absolute Gasteiger partial charge is 0.227 e. The third-order valence-electron chi connectivity index (χ3n) is 2.92. The molecule has 0 aromatic carbocycles. The van der Waals surface area contributed by atoms with E-state index in [9.17, 15) is 0 Å². The second-order valence-corrected chi connectivity index (χ2v) is 6.25. The Labute approximate surface area is 134 Å². The highest BCUT2D eigenvalue weighted by molar-refractivity contribution is 9.09. The summed E-state index contributed by atoms with van der Waals surface area (Å²) in [4.78, 5) is 5.43. The molecule has 6 nitrogen and oxygen atoms in total. The van der Waals surface area contributed by atoms with E-state index >= 15 is 0 Å². The van der Waals surface area contributed by atoms with Gasteiger partial charge in [0.15, 0.2) is 0 Å². The lowest BCUT2D eigenvalue weighted by Gasteiger charge is -1.96. The number of aryl methyl sites for hydroxylation is 3. The molecule has 0 radical (unpaired) electrons. The molecule has 0 unspecified atom stereocenters. The lowest BCUT2D eigenvalue weighted by Crippen LogP contribution is -2.00. The fourth-order valence-corrected chi connectivity index (χ4v) is 2.97. The first kappa shape index (κ1) is 14.4. The van der Waals surface area contributed by atoms with Crippen LogP contribution in [0, 0.1) is 0 Å². The third-order valence-corrected chi connectivity index (χ3v) is 4.19. The van der Waals surface area contributed by atoms with Crippen molar-refractivity contribution < 1.29 is 4.52 Å². The van der Waals surface area contributed by atoms with Crippen LogP contribution in [0.5, 0.6) is 0 Å². The SMILES string of the molecule is BrCCc1cn(CCCc2nc(-c3cccs3)no2)nn1. The number of alkyl halides is 1. The molecule has 0 spiro atoms. The fourth-order valence-electron chi connectivity index (χ4n) is 1.91. The highest BCUT2D eigenvalue weighted by Gasteiger charge is 2.09. The Morgan fingerprint density at radius 1 is 1.33 bits per heavy atom. The second-order valence-electron chi connectivity index (χ2n) is 4.50. The van der Waals surface area contributed by atoms with Crippen molar-refractivity contribution in [2.45, 2.75) is 25.8 Å². The molecule has 3 rings (SSSR count).